The molecule has 1 atom stereocenters. The molecule has 90 valence electrons. The molecule has 4 heteroatoms. The molecule has 0 N–H and O–H groups in total. The van der Waals surface area contributed by atoms with Gasteiger partial charge in [-0.2, -0.15) is 0 Å². The summed E-state index contributed by atoms with van der Waals surface area (Å²) in [6.45, 7) is 7.58. The van der Waals surface area contributed by atoms with Crippen LogP contribution in [0.5, 0.6) is 0 Å². The Kier molecular flexibility index (Phi) is 2.93. The molecule has 1 aliphatic heterocycles. The molecular formula is C12H20N2O2. The number of hydrogen-bond acceptors (Lipinski definition) is 2. The van der Waals surface area contributed by atoms with Gasteiger partial charge in [-0.1, -0.05) is 0 Å². The molecule has 2 heterocycles. The highest BCUT2D eigenvalue weighted by atomic mass is 16.5. The Hall–Kier alpha value is -1.03. The molecule has 1 aliphatic rings. The summed E-state index contributed by atoms with van der Waals surface area (Å²) in [6.07, 6.45) is 5.97. The predicted molar refractivity (Wildman–Crippen MR) is 62.6 cm³/mol. The molecular weight excluding hydrogens is 204 g/mol. The van der Waals surface area contributed by atoms with Gasteiger partial charge in [0.15, 0.2) is 0 Å². The van der Waals surface area contributed by atoms with E-state index in [9.17, 15) is 4.79 Å². The number of nitrogens with zero attached hydrogens (tertiary/aromatic N) is 2. The van der Waals surface area contributed by atoms with E-state index in [1.54, 1.807) is 9.13 Å². The van der Waals surface area contributed by atoms with Crippen LogP contribution in [0.15, 0.2) is 17.2 Å². The van der Waals surface area contributed by atoms with Crippen molar-refractivity contribution in [2.45, 2.75) is 58.4 Å². The van der Waals surface area contributed by atoms with Crippen molar-refractivity contribution >= 4 is 0 Å². The third kappa shape index (κ3) is 2.21. The maximum Gasteiger partial charge on any atom is 0.328 e. The van der Waals surface area contributed by atoms with Crippen LogP contribution < -0.4 is 5.69 Å². The van der Waals surface area contributed by atoms with Crippen molar-refractivity contribution in [3.05, 3.63) is 22.9 Å². The first-order valence-corrected chi connectivity index (χ1v) is 5.95. The SMILES string of the molecule is CCn1ccn(CC2CCC(C)(C)O2)c1=O. The molecule has 1 aromatic rings. The summed E-state index contributed by atoms with van der Waals surface area (Å²) in [5.74, 6) is 0. The van der Waals surface area contributed by atoms with E-state index in [1.165, 1.54) is 0 Å². The number of aryl methyl sites for hydroxylation is 1. The minimum atomic E-state index is -0.0262. The highest BCUT2D eigenvalue weighted by Gasteiger charge is 2.31. The smallest absolute Gasteiger partial charge is 0.328 e. The average Bonchev–Trinajstić information content (AvgIpc) is 2.72. The first-order chi connectivity index (χ1) is 7.52. The van der Waals surface area contributed by atoms with E-state index in [4.69, 9.17) is 4.74 Å². The first kappa shape index (κ1) is 11.5. The lowest BCUT2D eigenvalue weighted by Crippen LogP contribution is -2.29. The van der Waals surface area contributed by atoms with Crippen molar-refractivity contribution < 1.29 is 4.74 Å². The lowest BCUT2D eigenvalue weighted by molar-refractivity contribution is -0.0220. The van der Waals surface area contributed by atoms with Gasteiger partial charge >= 0.3 is 5.69 Å². The molecule has 2 rings (SSSR count). The molecule has 1 fully saturated rings. The molecule has 1 aromatic heterocycles. The highest BCUT2D eigenvalue weighted by molar-refractivity contribution is 4.86. The summed E-state index contributed by atoms with van der Waals surface area (Å²) in [4.78, 5) is 11.8. The second-order valence-corrected chi connectivity index (χ2v) is 5.06. The fourth-order valence-corrected chi connectivity index (χ4v) is 2.26. The largest absolute Gasteiger partial charge is 0.370 e. The Balaban J connectivity index is 2.05. The van der Waals surface area contributed by atoms with E-state index in [0.29, 0.717) is 6.54 Å². The van der Waals surface area contributed by atoms with Crippen LogP contribution in [0.25, 0.3) is 0 Å². The van der Waals surface area contributed by atoms with Crippen molar-refractivity contribution in [2.75, 3.05) is 0 Å². The van der Waals surface area contributed by atoms with Gasteiger partial charge in [-0.25, -0.2) is 4.79 Å². The predicted octanol–water partition coefficient (Wildman–Crippen LogP) is 1.63. The summed E-state index contributed by atoms with van der Waals surface area (Å²) < 4.78 is 9.34. The molecule has 0 bridgehead atoms. The Bertz CT molecular complexity index is 417. The molecule has 0 aromatic carbocycles. The topological polar surface area (TPSA) is 36.2 Å². The molecule has 0 saturated carbocycles. The normalized spacial score (nSPS) is 23.8. The number of rotatable bonds is 3. The quantitative estimate of drug-likeness (QED) is 0.782. The van der Waals surface area contributed by atoms with E-state index < -0.39 is 0 Å². The number of hydrogen-bond donors (Lipinski definition) is 0. The lowest BCUT2D eigenvalue weighted by Gasteiger charge is -2.19. The Labute approximate surface area is 95.8 Å². The first-order valence-electron chi connectivity index (χ1n) is 5.95. The zero-order valence-corrected chi connectivity index (χ0v) is 10.3. The molecule has 4 nitrogen and oxygen atoms in total. The van der Waals surface area contributed by atoms with Crippen LogP contribution in [0, 0.1) is 0 Å². The maximum atomic E-state index is 11.8. The maximum absolute atomic E-state index is 11.8. The highest BCUT2D eigenvalue weighted by Crippen LogP contribution is 2.29. The zero-order valence-electron chi connectivity index (χ0n) is 10.3. The van der Waals surface area contributed by atoms with Gasteiger partial charge in [-0.05, 0) is 33.6 Å². The van der Waals surface area contributed by atoms with E-state index in [-0.39, 0.29) is 17.4 Å². The van der Waals surface area contributed by atoms with Gasteiger partial charge in [0.1, 0.15) is 0 Å². The van der Waals surface area contributed by atoms with Crippen molar-refractivity contribution in [3.63, 3.8) is 0 Å². The van der Waals surface area contributed by atoms with Crippen LogP contribution in [0.2, 0.25) is 0 Å². The lowest BCUT2D eigenvalue weighted by atomic mass is 10.1. The van der Waals surface area contributed by atoms with Crippen LogP contribution in [0.1, 0.15) is 33.6 Å². The van der Waals surface area contributed by atoms with E-state index in [1.807, 2.05) is 19.3 Å². The van der Waals surface area contributed by atoms with E-state index in [0.717, 1.165) is 19.4 Å². The molecule has 1 unspecified atom stereocenters. The van der Waals surface area contributed by atoms with Crippen LogP contribution in [-0.2, 0) is 17.8 Å². The van der Waals surface area contributed by atoms with Gasteiger partial charge in [-0.15, -0.1) is 0 Å². The number of imidazole rings is 1. The Morgan fingerprint density at radius 3 is 2.62 bits per heavy atom. The summed E-state index contributed by atoms with van der Waals surface area (Å²) in [6, 6.07) is 0. The Morgan fingerprint density at radius 2 is 2.12 bits per heavy atom. The van der Waals surface area contributed by atoms with Gasteiger partial charge < -0.3 is 4.74 Å². The third-order valence-corrected chi connectivity index (χ3v) is 3.21. The second-order valence-electron chi connectivity index (χ2n) is 5.06. The van der Waals surface area contributed by atoms with Gasteiger partial charge in [0.2, 0.25) is 0 Å². The van der Waals surface area contributed by atoms with Crippen molar-refractivity contribution in [1.82, 2.24) is 9.13 Å². The third-order valence-electron chi connectivity index (χ3n) is 3.21. The average molecular weight is 224 g/mol. The van der Waals surface area contributed by atoms with Crippen molar-refractivity contribution in [3.8, 4) is 0 Å². The molecule has 0 radical (unpaired) electrons. The van der Waals surface area contributed by atoms with Gasteiger partial charge in [0.25, 0.3) is 0 Å². The fourth-order valence-electron chi connectivity index (χ4n) is 2.26. The summed E-state index contributed by atoms with van der Waals surface area (Å²) in [7, 11) is 0. The van der Waals surface area contributed by atoms with E-state index in [2.05, 4.69) is 13.8 Å². The van der Waals surface area contributed by atoms with E-state index >= 15 is 0 Å². The zero-order chi connectivity index (χ0) is 11.8. The van der Waals surface area contributed by atoms with Gasteiger partial charge in [0.05, 0.1) is 18.2 Å². The van der Waals surface area contributed by atoms with Crippen LogP contribution in [0.3, 0.4) is 0 Å². The Morgan fingerprint density at radius 1 is 1.44 bits per heavy atom. The fraction of sp³-hybridized carbons (Fsp3) is 0.750. The molecule has 0 spiro atoms. The monoisotopic (exact) mass is 224 g/mol. The molecule has 16 heavy (non-hydrogen) atoms. The van der Waals surface area contributed by atoms with Crippen LogP contribution in [-0.4, -0.2) is 20.8 Å². The van der Waals surface area contributed by atoms with Gasteiger partial charge in [0, 0.05) is 18.9 Å². The summed E-state index contributed by atoms with van der Waals surface area (Å²) >= 11 is 0. The minimum absolute atomic E-state index is 0.0262. The second kappa shape index (κ2) is 4.09. The summed E-state index contributed by atoms with van der Waals surface area (Å²) in [5, 5.41) is 0. The van der Waals surface area contributed by atoms with Crippen LogP contribution >= 0.6 is 0 Å². The van der Waals surface area contributed by atoms with Crippen LogP contribution in [0.4, 0.5) is 0 Å². The number of aromatic nitrogens is 2. The van der Waals surface area contributed by atoms with Crippen molar-refractivity contribution in [2.24, 2.45) is 0 Å². The molecule has 0 aliphatic carbocycles. The molecule has 1 saturated heterocycles. The summed E-state index contributed by atoms with van der Waals surface area (Å²) in [5.41, 5.74) is 0.0394. The molecule has 0 amide bonds. The standard InChI is InChI=1S/C12H20N2O2/c1-4-13-7-8-14(11(13)15)9-10-5-6-12(2,3)16-10/h7-8,10H,4-6,9H2,1-3H3. The van der Waals surface area contributed by atoms with Crippen molar-refractivity contribution in [1.29, 1.82) is 0 Å². The number of ether oxygens (including phenoxy) is 1. The minimum Gasteiger partial charge on any atom is -0.370 e. The van der Waals surface area contributed by atoms with Gasteiger partial charge in [-0.3, -0.25) is 9.13 Å².